The molecule has 1 heterocycles. The molecule has 118 valence electrons. The van der Waals surface area contributed by atoms with E-state index < -0.39 is 0 Å². The van der Waals surface area contributed by atoms with E-state index in [0.717, 1.165) is 50.5 Å². The molecule has 21 heavy (non-hydrogen) atoms. The minimum atomic E-state index is 0.574. The Labute approximate surface area is 131 Å². The van der Waals surface area contributed by atoms with Gasteiger partial charge in [-0.2, -0.15) is 0 Å². The summed E-state index contributed by atoms with van der Waals surface area (Å²) in [4.78, 5) is 0. The molecule has 0 unspecified atom stereocenters. The van der Waals surface area contributed by atoms with Crippen LogP contribution in [-0.4, -0.2) is 40.1 Å². The predicted molar refractivity (Wildman–Crippen MR) is 84.1 cm³/mol. The van der Waals surface area contributed by atoms with Gasteiger partial charge < -0.3 is 19.5 Å². The molecule has 0 spiro atoms. The molecule has 0 saturated carbocycles. The van der Waals surface area contributed by atoms with Crippen molar-refractivity contribution in [1.82, 2.24) is 5.32 Å². The van der Waals surface area contributed by atoms with Gasteiger partial charge in [-0.05, 0) is 36.5 Å². The molecular weight excluding hydrogens is 290 g/mol. The summed E-state index contributed by atoms with van der Waals surface area (Å²) in [5.41, 5.74) is 1.15. The van der Waals surface area contributed by atoms with Gasteiger partial charge in [0.1, 0.15) is 5.75 Å². The van der Waals surface area contributed by atoms with Crippen LogP contribution < -0.4 is 10.1 Å². The lowest BCUT2D eigenvalue weighted by molar-refractivity contribution is 0.0498. The van der Waals surface area contributed by atoms with E-state index in [0.29, 0.717) is 24.2 Å². The zero-order valence-electron chi connectivity index (χ0n) is 12.6. The standard InChI is InChI=1S/C16H24ClNO3/c1-19-9-6-18-11-14-2-3-16(15(17)10-14)21-12-13-4-7-20-8-5-13/h2-3,10,13,18H,4-9,11-12H2,1H3. The number of hydrogen-bond donors (Lipinski definition) is 1. The molecular formula is C16H24ClNO3. The van der Waals surface area contributed by atoms with E-state index in [1.165, 1.54) is 0 Å². The highest BCUT2D eigenvalue weighted by molar-refractivity contribution is 6.32. The van der Waals surface area contributed by atoms with E-state index in [-0.39, 0.29) is 0 Å². The molecule has 1 aliphatic heterocycles. The third-order valence-corrected chi connectivity index (χ3v) is 3.92. The fourth-order valence-corrected chi connectivity index (χ4v) is 2.56. The summed E-state index contributed by atoms with van der Waals surface area (Å²) in [7, 11) is 1.70. The van der Waals surface area contributed by atoms with Gasteiger partial charge in [-0.3, -0.25) is 0 Å². The maximum Gasteiger partial charge on any atom is 0.137 e. The molecule has 1 aromatic carbocycles. The number of methoxy groups -OCH3 is 1. The first-order valence-electron chi connectivity index (χ1n) is 7.48. The summed E-state index contributed by atoms with van der Waals surface area (Å²) in [6.45, 7) is 4.72. The number of nitrogens with one attached hydrogen (secondary N) is 1. The predicted octanol–water partition coefficient (Wildman–Crippen LogP) is 2.88. The van der Waals surface area contributed by atoms with E-state index >= 15 is 0 Å². The summed E-state index contributed by atoms with van der Waals surface area (Å²) in [5, 5.41) is 3.97. The van der Waals surface area contributed by atoms with Gasteiger partial charge in [0, 0.05) is 33.4 Å². The zero-order valence-corrected chi connectivity index (χ0v) is 13.3. The van der Waals surface area contributed by atoms with Crippen molar-refractivity contribution < 1.29 is 14.2 Å². The second-order valence-electron chi connectivity index (χ2n) is 5.30. The molecule has 4 nitrogen and oxygen atoms in total. The third-order valence-electron chi connectivity index (χ3n) is 3.62. The Bertz CT molecular complexity index is 422. The number of ether oxygens (including phenoxy) is 3. The molecule has 1 fully saturated rings. The van der Waals surface area contributed by atoms with Crippen LogP contribution in [0.5, 0.6) is 5.75 Å². The van der Waals surface area contributed by atoms with Crippen molar-refractivity contribution in [2.45, 2.75) is 19.4 Å². The third kappa shape index (κ3) is 5.83. The van der Waals surface area contributed by atoms with Gasteiger partial charge in [0.15, 0.2) is 0 Å². The van der Waals surface area contributed by atoms with Gasteiger partial charge in [-0.25, -0.2) is 0 Å². The Balaban J connectivity index is 1.78. The second-order valence-corrected chi connectivity index (χ2v) is 5.71. The average Bonchev–Trinajstić information content (AvgIpc) is 2.52. The summed E-state index contributed by atoms with van der Waals surface area (Å²) in [6.07, 6.45) is 2.14. The molecule has 1 aromatic rings. The molecule has 2 rings (SSSR count). The van der Waals surface area contributed by atoms with Crippen LogP contribution >= 0.6 is 11.6 Å². The molecule has 0 amide bonds. The largest absolute Gasteiger partial charge is 0.492 e. The van der Waals surface area contributed by atoms with Crippen LogP contribution in [0.2, 0.25) is 5.02 Å². The Morgan fingerprint density at radius 3 is 2.86 bits per heavy atom. The van der Waals surface area contributed by atoms with Crippen LogP contribution in [0.25, 0.3) is 0 Å². The van der Waals surface area contributed by atoms with Crippen molar-refractivity contribution in [2.75, 3.05) is 40.1 Å². The highest BCUT2D eigenvalue weighted by Gasteiger charge is 2.15. The van der Waals surface area contributed by atoms with Crippen LogP contribution in [0.3, 0.4) is 0 Å². The first kappa shape index (κ1) is 16.6. The van der Waals surface area contributed by atoms with Gasteiger partial charge in [0.2, 0.25) is 0 Å². The molecule has 0 atom stereocenters. The minimum absolute atomic E-state index is 0.574. The van der Waals surface area contributed by atoms with Crippen molar-refractivity contribution in [3.8, 4) is 5.75 Å². The number of benzene rings is 1. The molecule has 0 aromatic heterocycles. The van der Waals surface area contributed by atoms with E-state index in [1.807, 2.05) is 18.2 Å². The van der Waals surface area contributed by atoms with Crippen molar-refractivity contribution in [2.24, 2.45) is 5.92 Å². The fraction of sp³-hybridized carbons (Fsp3) is 0.625. The van der Waals surface area contributed by atoms with Crippen molar-refractivity contribution in [3.63, 3.8) is 0 Å². The number of rotatable bonds is 8. The van der Waals surface area contributed by atoms with Crippen LogP contribution in [0, 0.1) is 5.92 Å². The van der Waals surface area contributed by atoms with Crippen molar-refractivity contribution in [3.05, 3.63) is 28.8 Å². The first-order chi connectivity index (χ1) is 10.3. The van der Waals surface area contributed by atoms with Crippen LogP contribution in [-0.2, 0) is 16.0 Å². The van der Waals surface area contributed by atoms with Crippen LogP contribution in [0.1, 0.15) is 18.4 Å². The summed E-state index contributed by atoms with van der Waals surface area (Å²) < 4.78 is 16.2. The monoisotopic (exact) mass is 313 g/mol. The summed E-state index contributed by atoms with van der Waals surface area (Å²) >= 11 is 6.29. The van der Waals surface area contributed by atoms with E-state index in [1.54, 1.807) is 7.11 Å². The maximum atomic E-state index is 6.29. The molecule has 1 saturated heterocycles. The smallest absolute Gasteiger partial charge is 0.137 e. The van der Waals surface area contributed by atoms with Crippen molar-refractivity contribution in [1.29, 1.82) is 0 Å². The first-order valence-corrected chi connectivity index (χ1v) is 7.86. The lowest BCUT2D eigenvalue weighted by atomic mass is 10.0. The highest BCUT2D eigenvalue weighted by Crippen LogP contribution is 2.27. The van der Waals surface area contributed by atoms with E-state index in [2.05, 4.69) is 5.32 Å². The molecule has 1 N–H and O–H groups in total. The minimum Gasteiger partial charge on any atom is -0.492 e. The average molecular weight is 314 g/mol. The normalized spacial score (nSPS) is 16.1. The summed E-state index contributed by atoms with van der Waals surface area (Å²) in [5.74, 6) is 1.34. The molecule has 5 heteroatoms. The topological polar surface area (TPSA) is 39.7 Å². The number of hydrogen-bond acceptors (Lipinski definition) is 4. The van der Waals surface area contributed by atoms with E-state index in [9.17, 15) is 0 Å². The Kier molecular flexibility index (Phi) is 7.30. The van der Waals surface area contributed by atoms with Crippen LogP contribution in [0.15, 0.2) is 18.2 Å². The molecule has 0 aliphatic carbocycles. The number of halogens is 1. The SMILES string of the molecule is COCCNCc1ccc(OCC2CCOCC2)c(Cl)c1. The van der Waals surface area contributed by atoms with Gasteiger partial charge in [0.25, 0.3) is 0 Å². The molecule has 1 aliphatic rings. The zero-order chi connectivity index (χ0) is 14.9. The lowest BCUT2D eigenvalue weighted by Gasteiger charge is -2.22. The Morgan fingerprint density at radius 1 is 1.33 bits per heavy atom. The van der Waals surface area contributed by atoms with E-state index in [4.69, 9.17) is 25.8 Å². The lowest BCUT2D eigenvalue weighted by Crippen LogP contribution is -2.21. The van der Waals surface area contributed by atoms with Crippen molar-refractivity contribution >= 4 is 11.6 Å². The quantitative estimate of drug-likeness (QED) is 0.749. The van der Waals surface area contributed by atoms with Gasteiger partial charge >= 0.3 is 0 Å². The molecule has 0 bridgehead atoms. The van der Waals surface area contributed by atoms with Gasteiger partial charge in [0.05, 0.1) is 18.2 Å². The molecule has 0 radical (unpaired) electrons. The Morgan fingerprint density at radius 2 is 2.14 bits per heavy atom. The second kappa shape index (κ2) is 9.26. The van der Waals surface area contributed by atoms with Gasteiger partial charge in [-0.15, -0.1) is 0 Å². The highest BCUT2D eigenvalue weighted by atomic mass is 35.5. The van der Waals surface area contributed by atoms with Crippen LogP contribution in [0.4, 0.5) is 0 Å². The van der Waals surface area contributed by atoms with Gasteiger partial charge in [-0.1, -0.05) is 17.7 Å². The Hall–Kier alpha value is -0.810. The fourth-order valence-electron chi connectivity index (χ4n) is 2.30. The maximum absolute atomic E-state index is 6.29. The summed E-state index contributed by atoms with van der Waals surface area (Å²) in [6, 6.07) is 5.96.